The molecule has 0 spiro atoms. The van der Waals surface area contributed by atoms with Crippen LogP contribution in [0.3, 0.4) is 0 Å². The largest absolute Gasteiger partial charge is 0.496 e. The fourth-order valence-electron chi connectivity index (χ4n) is 3.54. The Morgan fingerprint density at radius 3 is 2.41 bits per heavy atom. The van der Waals surface area contributed by atoms with E-state index in [0.717, 1.165) is 42.8 Å². The number of carbonyl (C=O) groups excluding carboxylic acids is 2. The lowest BCUT2D eigenvalue weighted by molar-refractivity contribution is -0.117. The van der Waals surface area contributed by atoms with Crippen LogP contribution in [0.1, 0.15) is 40.4 Å². The lowest BCUT2D eigenvalue weighted by Gasteiger charge is -2.29. The smallest absolute Gasteiger partial charge is 0.292 e. The van der Waals surface area contributed by atoms with E-state index in [1.165, 1.54) is 0 Å². The maximum atomic E-state index is 12.4. The number of ketones is 1. The molecule has 2 aromatic carbocycles. The van der Waals surface area contributed by atoms with Crippen LogP contribution in [0, 0.1) is 6.92 Å². The Balaban J connectivity index is 1.73. The third kappa shape index (κ3) is 4.55. The molecular weight excluding hydrogens is 340 g/mol. The van der Waals surface area contributed by atoms with Crippen molar-refractivity contribution in [2.45, 2.75) is 25.8 Å². The maximum Gasteiger partial charge on any atom is 0.292 e. The zero-order chi connectivity index (χ0) is 19.2. The fraction of sp³-hybridized carbons (Fsp3) is 0.364. The molecule has 0 saturated carbocycles. The van der Waals surface area contributed by atoms with Gasteiger partial charge in [0.2, 0.25) is 5.78 Å². The van der Waals surface area contributed by atoms with E-state index in [4.69, 9.17) is 4.74 Å². The lowest BCUT2D eigenvalue weighted by atomic mass is 10.0. The van der Waals surface area contributed by atoms with E-state index in [0.29, 0.717) is 12.1 Å². The standard InChI is InChI=1S/C22H26N2O3/c1-16-9-11-17(12-10-16)21(25)22(26)23-15-19(24-13-5-6-14-24)18-7-3-4-8-20(18)27-2/h3-4,7-12,19H,5-6,13-15H2,1-2H3,(H,23,26). The van der Waals surface area contributed by atoms with E-state index in [-0.39, 0.29) is 6.04 Å². The molecule has 5 nitrogen and oxygen atoms in total. The Morgan fingerprint density at radius 1 is 1.07 bits per heavy atom. The summed E-state index contributed by atoms with van der Waals surface area (Å²) in [4.78, 5) is 27.2. The van der Waals surface area contributed by atoms with Gasteiger partial charge in [-0.1, -0.05) is 48.0 Å². The predicted molar refractivity (Wildman–Crippen MR) is 105 cm³/mol. The van der Waals surface area contributed by atoms with Crippen molar-refractivity contribution in [2.75, 3.05) is 26.7 Å². The number of para-hydroxylation sites is 1. The second-order valence-corrected chi connectivity index (χ2v) is 6.91. The minimum atomic E-state index is -0.571. The highest BCUT2D eigenvalue weighted by Gasteiger charge is 2.27. The van der Waals surface area contributed by atoms with Crippen LogP contribution in [0.25, 0.3) is 0 Å². The minimum Gasteiger partial charge on any atom is -0.496 e. The number of methoxy groups -OCH3 is 1. The summed E-state index contributed by atoms with van der Waals surface area (Å²) in [6, 6.07) is 14.9. The van der Waals surface area contributed by atoms with E-state index in [9.17, 15) is 9.59 Å². The molecule has 0 bridgehead atoms. The van der Waals surface area contributed by atoms with Gasteiger partial charge in [0, 0.05) is 17.7 Å². The van der Waals surface area contributed by atoms with Gasteiger partial charge in [-0.05, 0) is 38.9 Å². The van der Waals surface area contributed by atoms with Crippen LogP contribution in [0.15, 0.2) is 48.5 Å². The topological polar surface area (TPSA) is 58.6 Å². The first-order chi connectivity index (χ1) is 13.1. The number of nitrogens with zero attached hydrogens (tertiary/aromatic N) is 1. The molecule has 1 heterocycles. The first-order valence-corrected chi connectivity index (χ1v) is 9.36. The second-order valence-electron chi connectivity index (χ2n) is 6.91. The Labute approximate surface area is 160 Å². The molecule has 5 heteroatoms. The van der Waals surface area contributed by atoms with Gasteiger partial charge in [0.25, 0.3) is 5.91 Å². The fourth-order valence-corrected chi connectivity index (χ4v) is 3.54. The number of aryl methyl sites for hydroxylation is 1. The molecule has 1 aliphatic rings. The quantitative estimate of drug-likeness (QED) is 0.604. The summed E-state index contributed by atoms with van der Waals surface area (Å²) in [5.74, 6) is -0.276. The molecule has 1 N–H and O–H groups in total. The second kappa shape index (κ2) is 8.82. The van der Waals surface area contributed by atoms with Gasteiger partial charge >= 0.3 is 0 Å². The third-order valence-electron chi connectivity index (χ3n) is 5.06. The number of carbonyl (C=O) groups is 2. The van der Waals surface area contributed by atoms with Gasteiger partial charge in [-0.3, -0.25) is 14.5 Å². The number of hydrogen-bond acceptors (Lipinski definition) is 4. The molecule has 1 amide bonds. The summed E-state index contributed by atoms with van der Waals surface area (Å²) in [6.07, 6.45) is 2.28. The Morgan fingerprint density at radius 2 is 1.74 bits per heavy atom. The highest BCUT2D eigenvalue weighted by Crippen LogP contribution is 2.31. The van der Waals surface area contributed by atoms with Gasteiger partial charge in [0.05, 0.1) is 13.2 Å². The number of likely N-dealkylation sites (tertiary alicyclic amines) is 1. The van der Waals surface area contributed by atoms with Crippen molar-refractivity contribution in [3.8, 4) is 5.75 Å². The number of rotatable bonds is 7. The highest BCUT2D eigenvalue weighted by molar-refractivity contribution is 6.42. The number of nitrogens with one attached hydrogen (secondary N) is 1. The summed E-state index contributed by atoms with van der Waals surface area (Å²) in [5, 5.41) is 2.84. The molecular formula is C22H26N2O3. The average Bonchev–Trinajstić information content (AvgIpc) is 3.23. The van der Waals surface area contributed by atoms with E-state index in [1.807, 2.05) is 43.3 Å². The number of hydrogen-bond donors (Lipinski definition) is 1. The zero-order valence-electron chi connectivity index (χ0n) is 15.9. The van der Waals surface area contributed by atoms with Crippen molar-refractivity contribution >= 4 is 11.7 Å². The molecule has 0 aliphatic carbocycles. The van der Waals surface area contributed by atoms with Gasteiger partial charge < -0.3 is 10.1 Å². The Kier molecular flexibility index (Phi) is 6.24. The summed E-state index contributed by atoms with van der Waals surface area (Å²) in [6.45, 7) is 4.27. The summed E-state index contributed by atoms with van der Waals surface area (Å²) in [7, 11) is 1.65. The van der Waals surface area contributed by atoms with Crippen molar-refractivity contribution in [2.24, 2.45) is 0 Å². The van der Waals surface area contributed by atoms with Crippen molar-refractivity contribution in [1.29, 1.82) is 0 Å². The van der Waals surface area contributed by atoms with E-state index in [2.05, 4.69) is 10.2 Å². The van der Waals surface area contributed by atoms with E-state index < -0.39 is 11.7 Å². The van der Waals surface area contributed by atoms with Crippen LogP contribution in [0.4, 0.5) is 0 Å². The molecule has 1 unspecified atom stereocenters. The van der Waals surface area contributed by atoms with Gasteiger partial charge in [-0.15, -0.1) is 0 Å². The summed E-state index contributed by atoms with van der Waals surface area (Å²) in [5.41, 5.74) is 2.50. The summed E-state index contributed by atoms with van der Waals surface area (Å²) >= 11 is 0. The van der Waals surface area contributed by atoms with Gasteiger partial charge in [-0.2, -0.15) is 0 Å². The van der Waals surface area contributed by atoms with Crippen LogP contribution in [0.5, 0.6) is 5.75 Å². The number of ether oxygens (including phenoxy) is 1. The summed E-state index contributed by atoms with van der Waals surface area (Å²) < 4.78 is 5.51. The molecule has 142 valence electrons. The molecule has 1 atom stereocenters. The zero-order valence-corrected chi connectivity index (χ0v) is 15.9. The number of Topliss-reactive ketones (excluding diaryl/α,β-unsaturated/α-hetero) is 1. The first-order valence-electron chi connectivity index (χ1n) is 9.36. The minimum absolute atomic E-state index is 0.0154. The molecule has 1 fully saturated rings. The normalized spacial score (nSPS) is 15.3. The van der Waals surface area contributed by atoms with Crippen LogP contribution in [-0.2, 0) is 4.79 Å². The monoisotopic (exact) mass is 366 g/mol. The van der Waals surface area contributed by atoms with Crippen molar-refractivity contribution in [3.05, 3.63) is 65.2 Å². The molecule has 3 rings (SSSR count). The van der Waals surface area contributed by atoms with Gasteiger partial charge in [0.1, 0.15) is 5.75 Å². The molecule has 1 aliphatic heterocycles. The van der Waals surface area contributed by atoms with E-state index in [1.54, 1.807) is 19.2 Å². The first kappa shape index (κ1) is 19.1. The van der Waals surface area contributed by atoms with Crippen LogP contribution in [-0.4, -0.2) is 43.3 Å². The van der Waals surface area contributed by atoms with Crippen LogP contribution >= 0.6 is 0 Å². The molecule has 0 aromatic heterocycles. The molecule has 0 radical (unpaired) electrons. The lowest BCUT2D eigenvalue weighted by Crippen LogP contribution is -2.39. The van der Waals surface area contributed by atoms with Crippen LogP contribution in [0.2, 0.25) is 0 Å². The van der Waals surface area contributed by atoms with E-state index >= 15 is 0 Å². The van der Waals surface area contributed by atoms with Crippen molar-refractivity contribution in [1.82, 2.24) is 10.2 Å². The predicted octanol–water partition coefficient (Wildman–Crippen LogP) is 3.14. The van der Waals surface area contributed by atoms with Crippen LogP contribution < -0.4 is 10.1 Å². The molecule has 1 saturated heterocycles. The van der Waals surface area contributed by atoms with Crippen molar-refractivity contribution < 1.29 is 14.3 Å². The molecule has 27 heavy (non-hydrogen) atoms. The Bertz CT molecular complexity index is 795. The van der Waals surface area contributed by atoms with Gasteiger partial charge in [-0.25, -0.2) is 0 Å². The number of benzene rings is 2. The molecule has 2 aromatic rings. The average molecular weight is 366 g/mol. The Hall–Kier alpha value is -2.66. The number of amides is 1. The third-order valence-corrected chi connectivity index (χ3v) is 5.06. The SMILES string of the molecule is COc1ccccc1C(CNC(=O)C(=O)c1ccc(C)cc1)N1CCCC1. The van der Waals surface area contributed by atoms with Gasteiger partial charge in [0.15, 0.2) is 0 Å². The van der Waals surface area contributed by atoms with Crippen molar-refractivity contribution in [3.63, 3.8) is 0 Å². The highest BCUT2D eigenvalue weighted by atomic mass is 16.5. The maximum absolute atomic E-state index is 12.4.